The maximum absolute atomic E-state index is 11.9. The summed E-state index contributed by atoms with van der Waals surface area (Å²) in [6.45, 7) is 3.77. The zero-order valence-corrected chi connectivity index (χ0v) is 8.85. The minimum atomic E-state index is 0.157. The third-order valence-corrected chi connectivity index (χ3v) is 3.76. The highest BCUT2D eigenvalue weighted by atomic mass is 16.5. The molecule has 0 aromatic rings. The van der Waals surface area contributed by atoms with Gasteiger partial charge in [0, 0.05) is 25.1 Å². The SMILES string of the molecule is O=C(CN1CC2CC1CO2)C1CCOC1. The minimum absolute atomic E-state index is 0.157. The van der Waals surface area contributed by atoms with Crippen molar-refractivity contribution in [3.05, 3.63) is 0 Å². The van der Waals surface area contributed by atoms with Crippen LogP contribution in [0.25, 0.3) is 0 Å². The quantitative estimate of drug-likeness (QED) is 0.662. The van der Waals surface area contributed by atoms with Crippen LogP contribution in [0, 0.1) is 5.92 Å². The number of ether oxygens (including phenoxy) is 2. The Hall–Kier alpha value is -0.450. The number of likely N-dealkylation sites (tertiary alicyclic amines) is 1. The normalized spacial score (nSPS) is 40.1. The fourth-order valence-electron chi connectivity index (χ4n) is 2.79. The fraction of sp³-hybridized carbons (Fsp3) is 0.909. The monoisotopic (exact) mass is 211 g/mol. The zero-order valence-electron chi connectivity index (χ0n) is 8.85. The molecule has 3 heterocycles. The second-order valence-corrected chi connectivity index (χ2v) is 4.80. The molecule has 0 aliphatic carbocycles. The number of hydrogen-bond acceptors (Lipinski definition) is 4. The van der Waals surface area contributed by atoms with E-state index in [1.807, 2.05) is 0 Å². The molecule has 3 saturated heterocycles. The predicted molar refractivity (Wildman–Crippen MR) is 53.7 cm³/mol. The van der Waals surface area contributed by atoms with Crippen molar-refractivity contribution in [3.8, 4) is 0 Å². The summed E-state index contributed by atoms with van der Waals surface area (Å²) >= 11 is 0. The highest BCUT2D eigenvalue weighted by molar-refractivity contribution is 5.83. The number of carbonyl (C=O) groups is 1. The lowest BCUT2D eigenvalue weighted by molar-refractivity contribution is -0.125. The van der Waals surface area contributed by atoms with E-state index in [0.29, 0.717) is 31.1 Å². The molecule has 0 aromatic heterocycles. The van der Waals surface area contributed by atoms with Crippen LogP contribution in [0.3, 0.4) is 0 Å². The molecule has 0 saturated carbocycles. The van der Waals surface area contributed by atoms with E-state index < -0.39 is 0 Å². The van der Waals surface area contributed by atoms with Crippen LogP contribution in [0.4, 0.5) is 0 Å². The van der Waals surface area contributed by atoms with E-state index in [1.165, 1.54) is 0 Å². The molecule has 15 heavy (non-hydrogen) atoms. The Morgan fingerprint density at radius 3 is 2.93 bits per heavy atom. The number of ketones is 1. The summed E-state index contributed by atoms with van der Waals surface area (Å²) in [5, 5.41) is 0. The first-order chi connectivity index (χ1) is 7.33. The van der Waals surface area contributed by atoms with E-state index in [0.717, 1.165) is 32.6 Å². The van der Waals surface area contributed by atoms with Crippen molar-refractivity contribution in [3.63, 3.8) is 0 Å². The molecule has 2 bridgehead atoms. The van der Waals surface area contributed by atoms with Crippen LogP contribution < -0.4 is 0 Å². The number of rotatable bonds is 3. The first-order valence-electron chi connectivity index (χ1n) is 5.79. The lowest BCUT2D eigenvalue weighted by atomic mass is 10.0. The van der Waals surface area contributed by atoms with Gasteiger partial charge in [0.25, 0.3) is 0 Å². The number of fused-ring (bicyclic) bond motifs is 2. The Kier molecular flexibility index (Phi) is 2.50. The number of hydrogen-bond donors (Lipinski definition) is 0. The first kappa shape index (κ1) is 9.75. The van der Waals surface area contributed by atoms with Crippen molar-refractivity contribution in [1.82, 2.24) is 4.90 Å². The number of carbonyl (C=O) groups excluding carboxylic acids is 1. The van der Waals surface area contributed by atoms with E-state index >= 15 is 0 Å². The molecule has 3 unspecified atom stereocenters. The molecule has 0 spiro atoms. The average molecular weight is 211 g/mol. The van der Waals surface area contributed by atoms with Crippen LogP contribution >= 0.6 is 0 Å². The van der Waals surface area contributed by atoms with Gasteiger partial charge in [-0.15, -0.1) is 0 Å². The van der Waals surface area contributed by atoms with Gasteiger partial charge in [0.05, 0.1) is 25.9 Å². The Morgan fingerprint density at radius 2 is 2.33 bits per heavy atom. The van der Waals surface area contributed by atoms with Gasteiger partial charge in [-0.05, 0) is 12.8 Å². The van der Waals surface area contributed by atoms with Gasteiger partial charge in [-0.1, -0.05) is 0 Å². The van der Waals surface area contributed by atoms with E-state index in [1.54, 1.807) is 0 Å². The summed E-state index contributed by atoms with van der Waals surface area (Å²) in [5.41, 5.74) is 0. The smallest absolute Gasteiger partial charge is 0.152 e. The largest absolute Gasteiger partial charge is 0.381 e. The third kappa shape index (κ3) is 1.82. The van der Waals surface area contributed by atoms with Crippen molar-refractivity contribution < 1.29 is 14.3 Å². The van der Waals surface area contributed by atoms with Crippen molar-refractivity contribution in [2.45, 2.75) is 25.0 Å². The molecule has 4 heteroatoms. The van der Waals surface area contributed by atoms with E-state index in [2.05, 4.69) is 4.90 Å². The molecule has 3 atom stereocenters. The summed E-state index contributed by atoms with van der Waals surface area (Å²) < 4.78 is 10.8. The fourth-order valence-corrected chi connectivity index (χ4v) is 2.79. The second kappa shape index (κ2) is 3.85. The molecule has 84 valence electrons. The molecule has 3 aliphatic rings. The van der Waals surface area contributed by atoms with Crippen LogP contribution in [-0.2, 0) is 14.3 Å². The van der Waals surface area contributed by atoms with Crippen LogP contribution in [0.15, 0.2) is 0 Å². The number of morpholine rings is 1. The Labute approximate surface area is 89.5 Å². The minimum Gasteiger partial charge on any atom is -0.381 e. The molecule has 3 rings (SSSR count). The summed E-state index contributed by atoms with van der Waals surface area (Å²) in [5.74, 6) is 0.519. The van der Waals surface area contributed by atoms with E-state index in [9.17, 15) is 4.79 Å². The highest BCUT2D eigenvalue weighted by Gasteiger charge is 2.40. The van der Waals surface area contributed by atoms with Gasteiger partial charge in [-0.3, -0.25) is 9.69 Å². The van der Waals surface area contributed by atoms with Gasteiger partial charge in [-0.2, -0.15) is 0 Å². The van der Waals surface area contributed by atoms with Gasteiger partial charge >= 0.3 is 0 Å². The van der Waals surface area contributed by atoms with Crippen molar-refractivity contribution in [2.24, 2.45) is 5.92 Å². The van der Waals surface area contributed by atoms with Gasteiger partial charge in [0.2, 0.25) is 0 Å². The summed E-state index contributed by atoms with van der Waals surface area (Å²) in [6, 6.07) is 0.501. The van der Waals surface area contributed by atoms with E-state index in [-0.39, 0.29) is 5.92 Å². The van der Waals surface area contributed by atoms with Crippen molar-refractivity contribution in [1.29, 1.82) is 0 Å². The van der Waals surface area contributed by atoms with Crippen LogP contribution in [0.5, 0.6) is 0 Å². The summed E-state index contributed by atoms with van der Waals surface area (Å²) in [7, 11) is 0. The number of nitrogens with zero attached hydrogens (tertiary/aromatic N) is 1. The second-order valence-electron chi connectivity index (χ2n) is 4.80. The molecule has 0 aromatic carbocycles. The third-order valence-electron chi connectivity index (χ3n) is 3.76. The average Bonchev–Trinajstić information content (AvgIpc) is 2.95. The number of Topliss-reactive ketones (excluding diaryl/α,β-unsaturated/α-hetero) is 1. The Morgan fingerprint density at radius 1 is 1.40 bits per heavy atom. The molecule has 4 nitrogen and oxygen atoms in total. The first-order valence-corrected chi connectivity index (χ1v) is 5.79. The lowest BCUT2D eigenvalue weighted by Crippen LogP contribution is -2.41. The predicted octanol–water partition coefficient (Wildman–Crippen LogP) is 0.0651. The highest BCUT2D eigenvalue weighted by Crippen LogP contribution is 2.28. The zero-order chi connectivity index (χ0) is 10.3. The topological polar surface area (TPSA) is 38.8 Å². The van der Waals surface area contributed by atoms with Crippen LogP contribution in [0.1, 0.15) is 12.8 Å². The van der Waals surface area contributed by atoms with Gasteiger partial charge in [-0.25, -0.2) is 0 Å². The maximum atomic E-state index is 11.9. The lowest BCUT2D eigenvalue weighted by Gasteiger charge is -2.26. The van der Waals surface area contributed by atoms with Crippen molar-refractivity contribution in [2.75, 3.05) is 32.9 Å². The van der Waals surface area contributed by atoms with Crippen LogP contribution in [0.2, 0.25) is 0 Å². The Bertz CT molecular complexity index is 263. The van der Waals surface area contributed by atoms with E-state index in [4.69, 9.17) is 9.47 Å². The van der Waals surface area contributed by atoms with Gasteiger partial charge in [0.1, 0.15) is 0 Å². The summed E-state index contributed by atoms with van der Waals surface area (Å²) in [4.78, 5) is 14.2. The molecule has 0 N–H and O–H groups in total. The van der Waals surface area contributed by atoms with Gasteiger partial charge in [0.15, 0.2) is 5.78 Å². The molecular weight excluding hydrogens is 194 g/mol. The molecule has 3 fully saturated rings. The van der Waals surface area contributed by atoms with Crippen LogP contribution in [-0.4, -0.2) is 55.7 Å². The Balaban J connectivity index is 1.54. The molecule has 0 amide bonds. The van der Waals surface area contributed by atoms with Gasteiger partial charge < -0.3 is 9.47 Å². The van der Waals surface area contributed by atoms with Crippen molar-refractivity contribution >= 4 is 5.78 Å². The molecule has 3 aliphatic heterocycles. The summed E-state index contributed by atoms with van der Waals surface area (Å²) in [6.07, 6.45) is 2.42. The maximum Gasteiger partial charge on any atom is 0.152 e. The molecule has 0 radical (unpaired) electrons. The molecular formula is C11H17NO3. The standard InChI is InChI=1S/C11H17NO3/c13-11(8-1-2-14-6-8)5-12-4-10-3-9(12)7-15-10/h8-10H,1-7H2.